The van der Waals surface area contributed by atoms with Gasteiger partial charge in [0.1, 0.15) is 30.0 Å². The molecule has 0 spiro atoms. The topological polar surface area (TPSA) is 47.9 Å². The third-order valence-electron chi connectivity index (χ3n) is 4.18. The summed E-state index contributed by atoms with van der Waals surface area (Å²) in [6.45, 7) is 0.426. The van der Waals surface area contributed by atoms with Crippen LogP contribution in [0.5, 0.6) is 17.2 Å². The van der Waals surface area contributed by atoms with Gasteiger partial charge in [-0.2, -0.15) is 0 Å². The Kier molecular flexibility index (Phi) is 5.77. The van der Waals surface area contributed by atoms with Crippen LogP contribution in [0.4, 0.5) is 0 Å². The highest BCUT2D eigenvalue weighted by Crippen LogP contribution is 2.34. The fourth-order valence-corrected chi connectivity index (χ4v) is 2.70. The minimum absolute atomic E-state index is 0.426. The van der Waals surface area contributed by atoms with Gasteiger partial charge in [0, 0.05) is 5.56 Å². The maximum Gasteiger partial charge on any atom is 0.126 e. The molecule has 1 N–H and O–H groups in total. The Labute approximate surface area is 153 Å². The number of rotatable bonds is 7. The first-order valence-corrected chi connectivity index (χ1v) is 8.38. The smallest absolute Gasteiger partial charge is 0.126 e. The molecule has 0 fully saturated rings. The summed E-state index contributed by atoms with van der Waals surface area (Å²) in [6.07, 6.45) is -0.832. The zero-order chi connectivity index (χ0) is 18.4. The van der Waals surface area contributed by atoms with Crippen molar-refractivity contribution in [1.82, 2.24) is 0 Å². The first kappa shape index (κ1) is 17.8. The van der Waals surface area contributed by atoms with Gasteiger partial charge < -0.3 is 19.3 Å². The van der Waals surface area contributed by atoms with E-state index < -0.39 is 6.10 Å². The summed E-state index contributed by atoms with van der Waals surface area (Å²) in [5.41, 5.74) is 2.47. The second-order valence-corrected chi connectivity index (χ2v) is 5.85. The third-order valence-corrected chi connectivity index (χ3v) is 4.18. The van der Waals surface area contributed by atoms with Gasteiger partial charge in [0.05, 0.1) is 14.2 Å². The second-order valence-electron chi connectivity index (χ2n) is 5.85. The van der Waals surface area contributed by atoms with E-state index in [9.17, 15) is 5.11 Å². The van der Waals surface area contributed by atoms with Crippen LogP contribution < -0.4 is 14.2 Å². The highest BCUT2D eigenvalue weighted by atomic mass is 16.5. The molecule has 0 aliphatic heterocycles. The number of ether oxygens (including phenoxy) is 3. The Morgan fingerprint density at radius 3 is 2.12 bits per heavy atom. The van der Waals surface area contributed by atoms with Crippen LogP contribution in [0, 0.1) is 0 Å². The number of methoxy groups -OCH3 is 2. The van der Waals surface area contributed by atoms with E-state index in [1.807, 2.05) is 66.7 Å². The predicted octanol–water partition coefficient (Wildman–Crippen LogP) is 4.36. The fourth-order valence-electron chi connectivity index (χ4n) is 2.70. The average Bonchev–Trinajstić information content (AvgIpc) is 2.72. The second kappa shape index (κ2) is 8.41. The van der Waals surface area contributed by atoms with Crippen molar-refractivity contribution in [3.8, 4) is 17.2 Å². The summed E-state index contributed by atoms with van der Waals surface area (Å²) in [6, 6.07) is 22.7. The number of benzene rings is 3. The standard InChI is InChI=1S/C22H22O4/c1-24-18-10-8-17(9-11-18)22(23)20-14-19(25-2)12-13-21(20)26-15-16-6-4-3-5-7-16/h3-14,22-23H,15H2,1-2H3. The molecule has 0 heterocycles. The molecule has 0 aliphatic rings. The van der Waals surface area contributed by atoms with Gasteiger partial charge >= 0.3 is 0 Å². The summed E-state index contributed by atoms with van der Waals surface area (Å²) in [5, 5.41) is 10.9. The van der Waals surface area contributed by atoms with E-state index in [2.05, 4.69) is 0 Å². The summed E-state index contributed by atoms with van der Waals surface area (Å²) in [7, 11) is 3.21. The normalized spacial score (nSPS) is 11.7. The van der Waals surface area contributed by atoms with Gasteiger partial charge in [-0.1, -0.05) is 42.5 Å². The van der Waals surface area contributed by atoms with E-state index in [0.29, 0.717) is 23.7 Å². The fraction of sp³-hybridized carbons (Fsp3) is 0.182. The lowest BCUT2D eigenvalue weighted by Gasteiger charge is -2.18. The molecule has 4 heteroatoms. The van der Waals surface area contributed by atoms with Gasteiger partial charge in [-0.25, -0.2) is 0 Å². The first-order chi connectivity index (χ1) is 12.7. The SMILES string of the molecule is COc1ccc(C(O)c2cc(OC)ccc2OCc2ccccc2)cc1. The molecule has 0 radical (unpaired) electrons. The molecule has 4 nitrogen and oxygen atoms in total. The maximum absolute atomic E-state index is 10.9. The molecule has 26 heavy (non-hydrogen) atoms. The van der Waals surface area contributed by atoms with Crippen molar-refractivity contribution in [2.45, 2.75) is 12.7 Å². The van der Waals surface area contributed by atoms with E-state index in [0.717, 1.165) is 16.9 Å². The molecule has 3 aromatic rings. The zero-order valence-electron chi connectivity index (χ0n) is 14.9. The van der Waals surface area contributed by atoms with Gasteiger partial charge in [-0.15, -0.1) is 0 Å². The van der Waals surface area contributed by atoms with Crippen LogP contribution in [0.3, 0.4) is 0 Å². The molecule has 0 saturated carbocycles. The Balaban J connectivity index is 1.87. The largest absolute Gasteiger partial charge is 0.497 e. The van der Waals surface area contributed by atoms with Gasteiger partial charge in [0.25, 0.3) is 0 Å². The molecule has 3 rings (SSSR count). The lowest BCUT2D eigenvalue weighted by molar-refractivity contribution is 0.208. The van der Waals surface area contributed by atoms with E-state index >= 15 is 0 Å². The van der Waals surface area contributed by atoms with Gasteiger partial charge in [-0.3, -0.25) is 0 Å². The summed E-state index contributed by atoms with van der Waals surface area (Å²) in [4.78, 5) is 0. The Hall–Kier alpha value is -2.98. The van der Waals surface area contributed by atoms with Gasteiger partial charge in [0.15, 0.2) is 0 Å². The molecule has 134 valence electrons. The predicted molar refractivity (Wildman–Crippen MR) is 101 cm³/mol. The molecule has 0 aromatic heterocycles. The Morgan fingerprint density at radius 2 is 1.46 bits per heavy atom. The van der Waals surface area contributed by atoms with Crippen molar-refractivity contribution < 1.29 is 19.3 Å². The van der Waals surface area contributed by atoms with Crippen molar-refractivity contribution in [3.05, 3.63) is 89.5 Å². The Bertz CT molecular complexity index is 829. The number of aliphatic hydroxyl groups is 1. The Morgan fingerprint density at radius 1 is 0.808 bits per heavy atom. The molecule has 1 unspecified atom stereocenters. The quantitative estimate of drug-likeness (QED) is 0.688. The van der Waals surface area contributed by atoms with Crippen LogP contribution in [-0.4, -0.2) is 19.3 Å². The van der Waals surface area contributed by atoms with Gasteiger partial charge in [-0.05, 0) is 41.5 Å². The number of aliphatic hydroxyl groups excluding tert-OH is 1. The van der Waals surface area contributed by atoms with E-state index in [1.54, 1.807) is 20.3 Å². The molecule has 1 atom stereocenters. The molecular weight excluding hydrogens is 328 g/mol. The molecule has 0 bridgehead atoms. The minimum atomic E-state index is -0.832. The minimum Gasteiger partial charge on any atom is -0.497 e. The molecular formula is C22H22O4. The van der Waals surface area contributed by atoms with Crippen molar-refractivity contribution in [3.63, 3.8) is 0 Å². The van der Waals surface area contributed by atoms with Gasteiger partial charge in [0.2, 0.25) is 0 Å². The van der Waals surface area contributed by atoms with Crippen molar-refractivity contribution >= 4 is 0 Å². The maximum atomic E-state index is 10.9. The van der Waals surface area contributed by atoms with Crippen LogP contribution in [0.1, 0.15) is 22.8 Å². The van der Waals surface area contributed by atoms with E-state index in [4.69, 9.17) is 14.2 Å². The number of hydrogen-bond acceptors (Lipinski definition) is 4. The summed E-state index contributed by atoms with van der Waals surface area (Å²) in [5.74, 6) is 2.03. The molecule has 0 amide bonds. The van der Waals surface area contributed by atoms with Crippen LogP contribution in [0.25, 0.3) is 0 Å². The highest BCUT2D eigenvalue weighted by molar-refractivity contribution is 5.45. The van der Waals surface area contributed by atoms with Crippen molar-refractivity contribution in [2.75, 3.05) is 14.2 Å². The van der Waals surface area contributed by atoms with Crippen molar-refractivity contribution in [1.29, 1.82) is 0 Å². The van der Waals surface area contributed by atoms with E-state index in [-0.39, 0.29) is 0 Å². The molecule has 0 aliphatic carbocycles. The molecule has 3 aromatic carbocycles. The number of hydrogen-bond donors (Lipinski definition) is 1. The molecule has 0 saturated heterocycles. The monoisotopic (exact) mass is 350 g/mol. The van der Waals surface area contributed by atoms with Crippen LogP contribution >= 0.6 is 0 Å². The van der Waals surface area contributed by atoms with Crippen molar-refractivity contribution in [2.24, 2.45) is 0 Å². The lowest BCUT2D eigenvalue weighted by Crippen LogP contribution is -2.05. The third kappa shape index (κ3) is 4.16. The van der Waals surface area contributed by atoms with E-state index in [1.165, 1.54) is 0 Å². The average molecular weight is 350 g/mol. The first-order valence-electron chi connectivity index (χ1n) is 8.38. The summed E-state index contributed by atoms with van der Waals surface area (Å²) < 4.78 is 16.5. The zero-order valence-corrected chi connectivity index (χ0v) is 14.9. The van der Waals surface area contributed by atoms with Crippen LogP contribution in [0.2, 0.25) is 0 Å². The summed E-state index contributed by atoms with van der Waals surface area (Å²) >= 11 is 0. The van der Waals surface area contributed by atoms with Crippen LogP contribution in [-0.2, 0) is 6.61 Å². The lowest BCUT2D eigenvalue weighted by atomic mass is 10.00. The van der Waals surface area contributed by atoms with Crippen LogP contribution in [0.15, 0.2) is 72.8 Å². The highest BCUT2D eigenvalue weighted by Gasteiger charge is 2.17.